The van der Waals surface area contributed by atoms with Crippen LogP contribution in [0.4, 0.5) is 19.1 Å². The molecule has 1 saturated heterocycles. The molecule has 0 spiro atoms. The van der Waals surface area contributed by atoms with Crippen molar-refractivity contribution in [3.63, 3.8) is 0 Å². The van der Waals surface area contributed by atoms with Crippen molar-refractivity contribution in [2.75, 3.05) is 32.6 Å². The lowest BCUT2D eigenvalue weighted by atomic mass is 10.0. The number of nitrogens with zero attached hydrogens (tertiary/aromatic N) is 5. The molecule has 10 heteroatoms. The number of halogens is 3. The van der Waals surface area contributed by atoms with E-state index in [1.54, 1.807) is 19.1 Å². The van der Waals surface area contributed by atoms with E-state index in [4.69, 9.17) is 4.74 Å². The highest BCUT2D eigenvalue weighted by molar-refractivity contribution is 5.72. The second-order valence-corrected chi connectivity index (χ2v) is 7.62. The minimum Gasteiger partial charge on any atom is -0.496 e. The highest BCUT2D eigenvalue weighted by Crippen LogP contribution is 2.38. The molecule has 0 amide bonds. The Morgan fingerprint density at radius 3 is 2.70 bits per heavy atom. The van der Waals surface area contributed by atoms with Gasteiger partial charge in [-0.25, -0.2) is 0 Å². The molecule has 7 nitrogen and oxygen atoms in total. The molecule has 1 aromatic carbocycles. The van der Waals surface area contributed by atoms with Gasteiger partial charge in [0.25, 0.3) is 0 Å². The van der Waals surface area contributed by atoms with Crippen LogP contribution in [0.15, 0.2) is 24.3 Å². The summed E-state index contributed by atoms with van der Waals surface area (Å²) in [6, 6.07) is 5.79. The predicted molar refractivity (Wildman–Crippen MR) is 107 cm³/mol. The van der Waals surface area contributed by atoms with Crippen LogP contribution in [0.2, 0.25) is 0 Å². The largest absolute Gasteiger partial charge is 0.496 e. The number of hydrogen-bond acceptors (Lipinski definition) is 6. The first-order valence-corrected chi connectivity index (χ1v) is 9.70. The standard InChI is InChI=1S/C20H23F3N6O/c1-12-9-13(20(21,22)23)10-16(30-3)18(12)15-6-7-17-25-19(27-29(17)26-15)24-14-5-4-8-28(2)11-14/h6-7,9-10,14H,4-5,8,11H2,1-3H3,(H,24,27)/t14-/m1/s1. The van der Waals surface area contributed by atoms with Crippen molar-refractivity contribution < 1.29 is 17.9 Å². The van der Waals surface area contributed by atoms with Gasteiger partial charge in [0.1, 0.15) is 5.75 Å². The number of aryl methyl sites for hydroxylation is 1. The van der Waals surface area contributed by atoms with Gasteiger partial charge in [-0.05, 0) is 63.2 Å². The van der Waals surface area contributed by atoms with Gasteiger partial charge in [-0.15, -0.1) is 14.8 Å². The molecule has 0 saturated carbocycles. The van der Waals surface area contributed by atoms with Gasteiger partial charge in [0.2, 0.25) is 5.95 Å². The Hall–Kier alpha value is -2.88. The van der Waals surface area contributed by atoms with Gasteiger partial charge in [-0.2, -0.15) is 18.2 Å². The average Bonchev–Trinajstić information content (AvgIpc) is 3.07. The number of fused-ring (bicyclic) bond motifs is 1. The third-order valence-electron chi connectivity index (χ3n) is 5.27. The van der Waals surface area contributed by atoms with Gasteiger partial charge in [0.05, 0.1) is 18.4 Å². The Kier molecular flexibility index (Phi) is 5.27. The second-order valence-electron chi connectivity index (χ2n) is 7.62. The highest BCUT2D eigenvalue weighted by Gasteiger charge is 2.32. The number of benzene rings is 1. The fraction of sp³-hybridized carbons (Fsp3) is 0.450. The molecule has 2 aromatic heterocycles. The summed E-state index contributed by atoms with van der Waals surface area (Å²) in [5.41, 5.74) is 1.16. The van der Waals surface area contributed by atoms with Crippen molar-refractivity contribution in [3.05, 3.63) is 35.4 Å². The number of aromatic nitrogens is 4. The number of anilines is 1. The zero-order valence-corrected chi connectivity index (χ0v) is 17.0. The summed E-state index contributed by atoms with van der Waals surface area (Å²) in [5.74, 6) is 0.592. The summed E-state index contributed by atoms with van der Waals surface area (Å²) in [6.45, 7) is 3.60. The van der Waals surface area contributed by atoms with Gasteiger partial charge < -0.3 is 15.0 Å². The van der Waals surface area contributed by atoms with Crippen LogP contribution in [0, 0.1) is 6.92 Å². The number of likely N-dealkylation sites (N-methyl/N-ethyl adjacent to an activating group) is 1. The molecule has 0 aliphatic carbocycles. The smallest absolute Gasteiger partial charge is 0.416 e. The molecule has 3 aromatic rings. The number of ether oxygens (including phenoxy) is 1. The van der Waals surface area contributed by atoms with Crippen LogP contribution in [-0.2, 0) is 6.18 Å². The highest BCUT2D eigenvalue weighted by atomic mass is 19.4. The van der Waals surface area contributed by atoms with Crippen LogP contribution < -0.4 is 10.1 Å². The number of nitrogens with one attached hydrogen (secondary N) is 1. The molecule has 1 N–H and O–H groups in total. The van der Waals surface area contributed by atoms with E-state index in [1.165, 1.54) is 11.7 Å². The number of piperidine rings is 1. The van der Waals surface area contributed by atoms with Crippen molar-refractivity contribution >= 4 is 11.6 Å². The van der Waals surface area contributed by atoms with Crippen molar-refractivity contribution in [2.45, 2.75) is 32.0 Å². The summed E-state index contributed by atoms with van der Waals surface area (Å²) < 4.78 is 46.1. The molecule has 0 bridgehead atoms. The normalized spacial score (nSPS) is 18.0. The van der Waals surface area contributed by atoms with Crippen molar-refractivity contribution in [1.82, 2.24) is 24.7 Å². The second kappa shape index (κ2) is 7.75. The molecule has 160 valence electrons. The minimum atomic E-state index is -4.45. The number of likely N-dealkylation sites (tertiary alicyclic amines) is 1. The van der Waals surface area contributed by atoms with E-state index in [-0.39, 0.29) is 11.8 Å². The molecule has 0 radical (unpaired) electrons. The molecule has 1 atom stereocenters. The van der Waals surface area contributed by atoms with E-state index in [0.29, 0.717) is 28.4 Å². The summed E-state index contributed by atoms with van der Waals surface area (Å²) in [4.78, 5) is 6.71. The van der Waals surface area contributed by atoms with Gasteiger partial charge in [0, 0.05) is 18.2 Å². The van der Waals surface area contributed by atoms with Gasteiger partial charge in [0.15, 0.2) is 5.65 Å². The summed E-state index contributed by atoms with van der Waals surface area (Å²) in [5, 5.41) is 12.2. The Labute approximate surface area is 171 Å². The Morgan fingerprint density at radius 1 is 1.20 bits per heavy atom. The lowest BCUT2D eigenvalue weighted by Crippen LogP contribution is -2.39. The maximum Gasteiger partial charge on any atom is 0.416 e. The topological polar surface area (TPSA) is 67.6 Å². The Balaban J connectivity index is 1.67. The van der Waals surface area contributed by atoms with E-state index in [0.717, 1.165) is 38.1 Å². The maximum atomic E-state index is 13.1. The lowest BCUT2D eigenvalue weighted by Gasteiger charge is -2.29. The van der Waals surface area contributed by atoms with Gasteiger partial charge >= 0.3 is 6.18 Å². The van der Waals surface area contributed by atoms with Crippen LogP contribution in [0.5, 0.6) is 5.75 Å². The van der Waals surface area contributed by atoms with Crippen molar-refractivity contribution in [1.29, 1.82) is 0 Å². The molecule has 30 heavy (non-hydrogen) atoms. The number of methoxy groups -OCH3 is 1. The first kappa shape index (κ1) is 20.4. The van der Waals surface area contributed by atoms with Crippen molar-refractivity contribution in [2.24, 2.45) is 0 Å². The zero-order chi connectivity index (χ0) is 21.5. The van der Waals surface area contributed by atoms with Gasteiger partial charge in [-0.3, -0.25) is 0 Å². The van der Waals surface area contributed by atoms with Crippen LogP contribution >= 0.6 is 0 Å². The van der Waals surface area contributed by atoms with E-state index in [1.807, 2.05) is 0 Å². The van der Waals surface area contributed by atoms with Crippen LogP contribution in [0.3, 0.4) is 0 Å². The maximum absolute atomic E-state index is 13.1. The van der Waals surface area contributed by atoms with E-state index >= 15 is 0 Å². The van der Waals surface area contributed by atoms with Crippen molar-refractivity contribution in [3.8, 4) is 17.0 Å². The van der Waals surface area contributed by atoms with Crippen LogP contribution in [0.25, 0.3) is 16.9 Å². The first-order valence-electron chi connectivity index (χ1n) is 9.70. The molecule has 1 aliphatic rings. The van der Waals surface area contributed by atoms with Gasteiger partial charge in [-0.1, -0.05) is 0 Å². The van der Waals surface area contributed by atoms with E-state index in [2.05, 4.69) is 32.4 Å². The minimum absolute atomic E-state index is 0.109. The lowest BCUT2D eigenvalue weighted by molar-refractivity contribution is -0.137. The first-order chi connectivity index (χ1) is 14.2. The fourth-order valence-electron chi connectivity index (χ4n) is 3.85. The molecule has 1 fully saturated rings. The van der Waals surface area contributed by atoms with Crippen LogP contribution in [0.1, 0.15) is 24.0 Å². The SMILES string of the molecule is COc1cc(C(F)(F)F)cc(C)c1-c1ccc2nc(N[C@@H]3CCCN(C)C3)nn2n1. The monoisotopic (exact) mass is 420 g/mol. The predicted octanol–water partition coefficient (Wildman–Crippen LogP) is 3.63. The summed E-state index contributed by atoms with van der Waals surface area (Å²) in [7, 11) is 3.42. The summed E-state index contributed by atoms with van der Waals surface area (Å²) >= 11 is 0. The van der Waals surface area contributed by atoms with E-state index < -0.39 is 11.7 Å². The number of hydrogen-bond donors (Lipinski definition) is 1. The molecule has 3 heterocycles. The van der Waals surface area contributed by atoms with E-state index in [9.17, 15) is 13.2 Å². The quantitative estimate of drug-likeness (QED) is 0.695. The summed E-state index contributed by atoms with van der Waals surface area (Å²) in [6.07, 6.45) is -2.30. The molecule has 1 aliphatic heterocycles. The molecule has 0 unspecified atom stereocenters. The zero-order valence-electron chi connectivity index (χ0n) is 17.0. The molecular formula is C20H23F3N6O. The van der Waals surface area contributed by atoms with Crippen LogP contribution in [-0.4, -0.2) is 58.0 Å². The third kappa shape index (κ3) is 4.04. The Bertz CT molecular complexity index is 1060. The number of rotatable bonds is 4. The average molecular weight is 420 g/mol. The Morgan fingerprint density at radius 2 is 2.00 bits per heavy atom. The fourth-order valence-corrected chi connectivity index (χ4v) is 3.85. The number of alkyl halides is 3. The third-order valence-corrected chi connectivity index (χ3v) is 5.27. The molecule has 4 rings (SSSR count). The molecular weight excluding hydrogens is 397 g/mol.